The molecule has 0 aliphatic rings. The smallest absolute Gasteiger partial charge is 0.145 e. The molecule has 8 nitrogen and oxygen atoms in total. The molecule has 18 heavy (non-hydrogen) atoms. The van der Waals surface area contributed by atoms with E-state index in [0.717, 1.165) is 18.1 Å². The number of hydrogen-bond donors (Lipinski definition) is 3. The van der Waals surface area contributed by atoms with E-state index in [9.17, 15) is 0 Å². The van der Waals surface area contributed by atoms with Crippen molar-refractivity contribution in [3.8, 4) is 0 Å². The summed E-state index contributed by atoms with van der Waals surface area (Å²) < 4.78 is 1.89. The molecule has 0 aliphatic heterocycles. The lowest BCUT2D eigenvalue weighted by atomic mass is 10.4. The van der Waals surface area contributed by atoms with Crippen molar-refractivity contribution in [2.24, 2.45) is 12.9 Å². The van der Waals surface area contributed by atoms with Gasteiger partial charge in [0.25, 0.3) is 0 Å². The fourth-order valence-corrected chi connectivity index (χ4v) is 1.57. The Kier molecular flexibility index (Phi) is 3.68. The molecule has 96 valence electrons. The van der Waals surface area contributed by atoms with E-state index in [1.165, 1.54) is 0 Å². The Hall–Kier alpha value is -2.22. The Bertz CT molecular complexity index is 520. The van der Waals surface area contributed by atoms with E-state index >= 15 is 0 Å². The van der Waals surface area contributed by atoms with E-state index in [2.05, 4.69) is 30.9 Å². The highest BCUT2D eigenvalue weighted by molar-refractivity contribution is 5.46. The van der Waals surface area contributed by atoms with E-state index < -0.39 is 0 Å². The van der Waals surface area contributed by atoms with Crippen molar-refractivity contribution in [3.63, 3.8) is 0 Å². The molecule has 0 aromatic carbocycles. The Balaban J connectivity index is 1.94. The molecule has 2 heterocycles. The van der Waals surface area contributed by atoms with Crippen LogP contribution in [0.4, 0.5) is 11.6 Å². The second-order valence-corrected chi connectivity index (χ2v) is 3.86. The minimum absolute atomic E-state index is 0.587. The molecule has 0 atom stereocenters. The summed E-state index contributed by atoms with van der Waals surface area (Å²) >= 11 is 0. The van der Waals surface area contributed by atoms with Crippen LogP contribution >= 0.6 is 0 Å². The number of aryl methyl sites for hydroxylation is 2. The van der Waals surface area contributed by atoms with Gasteiger partial charge in [0, 0.05) is 26.1 Å². The zero-order chi connectivity index (χ0) is 13.0. The maximum absolute atomic E-state index is 5.32. The van der Waals surface area contributed by atoms with Crippen molar-refractivity contribution in [1.82, 2.24) is 24.7 Å². The van der Waals surface area contributed by atoms with E-state index in [1.54, 1.807) is 12.4 Å². The van der Waals surface area contributed by atoms with Gasteiger partial charge in [0.1, 0.15) is 29.6 Å². The third-order valence-electron chi connectivity index (χ3n) is 2.45. The quantitative estimate of drug-likeness (QED) is 0.499. The Labute approximate surface area is 105 Å². The van der Waals surface area contributed by atoms with E-state index in [4.69, 9.17) is 5.84 Å². The average Bonchev–Trinajstić information content (AvgIpc) is 2.74. The molecule has 0 amide bonds. The number of hydrogen-bond acceptors (Lipinski definition) is 7. The molecule has 0 saturated heterocycles. The third kappa shape index (κ3) is 2.92. The third-order valence-corrected chi connectivity index (χ3v) is 2.45. The van der Waals surface area contributed by atoms with Crippen LogP contribution in [-0.2, 0) is 13.5 Å². The standard InChI is InChI=1S/C10H16N8/c1-7-14-8(5-9(15-7)16-11)12-4-3-10-17-13-6-18(10)2/h5-6H,3-4,11H2,1-2H3,(H2,12,14,15,16). The van der Waals surface area contributed by atoms with Crippen molar-refractivity contribution in [1.29, 1.82) is 0 Å². The van der Waals surface area contributed by atoms with Gasteiger partial charge in [0.2, 0.25) is 0 Å². The summed E-state index contributed by atoms with van der Waals surface area (Å²) in [5, 5.41) is 11.0. The van der Waals surface area contributed by atoms with Crippen LogP contribution in [0.25, 0.3) is 0 Å². The molecular formula is C10H16N8. The number of nitrogen functional groups attached to an aromatic ring is 1. The van der Waals surface area contributed by atoms with Crippen molar-refractivity contribution >= 4 is 11.6 Å². The number of nitrogens with one attached hydrogen (secondary N) is 2. The summed E-state index contributed by atoms with van der Waals surface area (Å²) in [7, 11) is 1.92. The van der Waals surface area contributed by atoms with Gasteiger partial charge in [-0.2, -0.15) is 0 Å². The number of nitrogens with zero attached hydrogens (tertiary/aromatic N) is 5. The van der Waals surface area contributed by atoms with Gasteiger partial charge in [-0.15, -0.1) is 10.2 Å². The molecule has 8 heteroatoms. The number of anilines is 2. The summed E-state index contributed by atoms with van der Waals surface area (Å²) in [6, 6.07) is 1.75. The number of aromatic nitrogens is 5. The molecule has 0 fully saturated rings. The van der Waals surface area contributed by atoms with Crippen molar-refractivity contribution in [2.75, 3.05) is 17.3 Å². The van der Waals surface area contributed by atoms with Crippen molar-refractivity contribution < 1.29 is 0 Å². The SMILES string of the molecule is Cc1nc(NN)cc(NCCc2nncn2C)n1. The zero-order valence-corrected chi connectivity index (χ0v) is 10.4. The molecular weight excluding hydrogens is 232 g/mol. The van der Waals surface area contributed by atoms with Gasteiger partial charge in [-0.3, -0.25) is 0 Å². The Morgan fingerprint density at radius 1 is 1.33 bits per heavy atom. The second kappa shape index (κ2) is 5.41. The minimum atomic E-state index is 0.587. The summed E-state index contributed by atoms with van der Waals surface area (Å²) in [6.45, 7) is 2.53. The number of nitrogens with two attached hydrogens (primary N) is 1. The van der Waals surface area contributed by atoms with Gasteiger partial charge in [-0.05, 0) is 6.92 Å². The highest BCUT2D eigenvalue weighted by Crippen LogP contribution is 2.09. The van der Waals surface area contributed by atoms with Gasteiger partial charge in [-0.1, -0.05) is 0 Å². The number of hydrazine groups is 1. The molecule has 2 aromatic heterocycles. The van der Waals surface area contributed by atoms with E-state index in [0.29, 0.717) is 18.2 Å². The minimum Gasteiger partial charge on any atom is -0.369 e. The number of rotatable bonds is 5. The molecule has 0 aliphatic carbocycles. The first kappa shape index (κ1) is 12.2. The highest BCUT2D eigenvalue weighted by atomic mass is 15.3. The van der Waals surface area contributed by atoms with E-state index in [-0.39, 0.29) is 0 Å². The Morgan fingerprint density at radius 3 is 2.78 bits per heavy atom. The molecule has 0 unspecified atom stereocenters. The molecule has 0 radical (unpaired) electrons. The Morgan fingerprint density at radius 2 is 2.11 bits per heavy atom. The van der Waals surface area contributed by atoms with Gasteiger partial charge < -0.3 is 15.3 Å². The summed E-state index contributed by atoms with van der Waals surface area (Å²) in [4.78, 5) is 8.37. The fraction of sp³-hybridized carbons (Fsp3) is 0.400. The van der Waals surface area contributed by atoms with Gasteiger partial charge >= 0.3 is 0 Å². The van der Waals surface area contributed by atoms with Gasteiger partial charge in [0.15, 0.2) is 0 Å². The first-order chi connectivity index (χ1) is 8.69. The molecule has 0 spiro atoms. The maximum atomic E-state index is 5.32. The lowest BCUT2D eigenvalue weighted by molar-refractivity contribution is 0.787. The van der Waals surface area contributed by atoms with Crippen molar-refractivity contribution in [3.05, 3.63) is 24.0 Å². The monoisotopic (exact) mass is 248 g/mol. The van der Waals surface area contributed by atoms with E-state index in [1.807, 2.05) is 18.5 Å². The van der Waals surface area contributed by atoms with Gasteiger partial charge in [-0.25, -0.2) is 15.8 Å². The molecule has 0 bridgehead atoms. The van der Waals surface area contributed by atoms with Crippen LogP contribution in [0.1, 0.15) is 11.6 Å². The summed E-state index contributed by atoms with van der Waals surface area (Å²) in [6.07, 6.45) is 2.45. The largest absolute Gasteiger partial charge is 0.369 e. The second-order valence-electron chi connectivity index (χ2n) is 3.86. The topological polar surface area (TPSA) is 107 Å². The van der Waals surface area contributed by atoms with Crippen LogP contribution in [0.5, 0.6) is 0 Å². The van der Waals surface area contributed by atoms with Gasteiger partial charge in [0.05, 0.1) is 0 Å². The average molecular weight is 248 g/mol. The predicted octanol–water partition coefficient (Wildman–Crippen LogP) is -0.146. The molecule has 0 saturated carbocycles. The zero-order valence-electron chi connectivity index (χ0n) is 10.4. The van der Waals surface area contributed by atoms with Crippen molar-refractivity contribution in [2.45, 2.75) is 13.3 Å². The van der Waals surface area contributed by atoms with Crippen LogP contribution < -0.4 is 16.6 Å². The molecule has 2 aromatic rings. The first-order valence-electron chi connectivity index (χ1n) is 5.58. The highest BCUT2D eigenvalue weighted by Gasteiger charge is 2.02. The van der Waals surface area contributed by atoms with Crippen LogP contribution in [-0.4, -0.2) is 31.3 Å². The molecule has 4 N–H and O–H groups in total. The maximum Gasteiger partial charge on any atom is 0.145 e. The fourth-order valence-electron chi connectivity index (χ4n) is 1.57. The first-order valence-corrected chi connectivity index (χ1v) is 5.58. The summed E-state index contributed by atoms with van der Waals surface area (Å²) in [5.74, 6) is 8.22. The van der Waals surface area contributed by atoms with Crippen LogP contribution in [0.2, 0.25) is 0 Å². The summed E-state index contributed by atoms with van der Waals surface area (Å²) in [5.41, 5.74) is 2.50. The van der Waals surface area contributed by atoms with Crippen LogP contribution in [0, 0.1) is 6.92 Å². The van der Waals surface area contributed by atoms with Crippen LogP contribution in [0.3, 0.4) is 0 Å². The normalized spacial score (nSPS) is 10.4. The predicted molar refractivity (Wildman–Crippen MR) is 67.8 cm³/mol. The molecule has 2 rings (SSSR count). The van der Waals surface area contributed by atoms with Crippen LogP contribution in [0.15, 0.2) is 12.4 Å². The lowest BCUT2D eigenvalue weighted by Gasteiger charge is -2.07. The lowest BCUT2D eigenvalue weighted by Crippen LogP contribution is -2.13.